The fourth-order valence-electron chi connectivity index (χ4n) is 7.98. The third kappa shape index (κ3) is 4.76. The van der Waals surface area contributed by atoms with E-state index in [4.69, 9.17) is 9.72 Å². The molecule has 0 unspecified atom stereocenters. The van der Waals surface area contributed by atoms with Crippen LogP contribution in [0.2, 0.25) is 0 Å². The number of para-hydroxylation sites is 2. The van der Waals surface area contributed by atoms with E-state index in [1.807, 2.05) is 12.1 Å². The molecule has 3 heterocycles. The van der Waals surface area contributed by atoms with Crippen LogP contribution in [-0.2, 0) is 10.8 Å². The molecule has 0 atom stereocenters. The molecular weight excluding hydrogens is 609 g/mol. The summed E-state index contributed by atoms with van der Waals surface area (Å²) in [6.45, 7) is 9.24. The van der Waals surface area contributed by atoms with E-state index in [9.17, 15) is 0 Å². The maximum atomic E-state index is 6.91. The molecule has 0 saturated carbocycles. The van der Waals surface area contributed by atoms with Crippen LogP contribution in [0, 0.1) is 0 Å². The van der Waals surface area contributed by atoms with Crippen LogP contribution < -0.4 is 9.64 Å². The van der Waals surface area contributed by atoms with Gasteiger partial charge in [0.25, 0.3) is 0 Å². The van der Waals surface area contributed by atoms with Gasteiger partial charge in [0.1, 0.15) is 11.5 Å². The SMILES string of the molecule is CC1(C)c2ccc(-c3cc(-c4ccccc4)nc(-c4ccccc4)c3)cc2Oc2cc(N3c4ccccc4C(C)(C)c4ccccc43)ccc21. The van der Waals surface area contributed by atoms with Gasteiger partial charge in [-0.15, -0.1) is 0 Å². The minimum atomic E-state index is -0.248. The first-order valence-corrected chi connectivity index (χ1v) is 17.4. The highest BCUT2D eigenvalue weighted by molar-refractivity contribution is 5.87. The molecular formula is C47H38N2O. The third-order valence-corrected chi connectivity index (χ3v) is 10.7. The van der Waals surface area contributed by atoms with Crippen LogP contribution in [0.1, 0.15) is 49.9 Å². The number of anilines is 3. The topological polar surface area (TPSA) is 25.4 Å². The molecule has 242 valence electrons. The molecule has 1 aromatic heterocycles. The molecule has 6 aromatic carbocycles. The van der Waals surface area contributed by atoms with E-state index in [0.717, 1.165) is 50.8 Å². The summed E-state index contributed by atoms with van der Waals surface area (Å²) in [6, 6.07) is 56.2. The average molecular weight is 647 g/mol. The summed E-state index contributed by atoms with van der Waals surface area (Å²) in [4.78, 5) is 7.49. The van der Waals surface area contributed by atoms with Crippen LogP contribution >= 0.6 is 0 Å². The molecule has 2 aliphatic rings. The largest absolute Gasteiger partial charge is 0.457 e. The zero-order valence-electron chi connectivity index (χ0n) is 28.8. The summed E-state index contributed by atoms with van der Waals surface area (Å²) < 4.78 is 6.91. The monoisotopic (exact) mass is 646 g/mol. The molecule has 50 heavy (non-hydrogen) atoms. The summed E-state index contributed by atoms with van der Waals surface area (Å²) in [6.07, 6.45) is 0. The van der Waals surface area contributed by atoms with Gasteiger partial charge in [-0.1, -0.05) is 143 Å². The first-order chi connectivity index (χ1) is 24.3. The lowest BCUT2D eigenvalue weighted by Gasteiger charge is -2.42. The van der Waals surface area contributed by atoms with Gasteiger partial charge in [-0.25, -0.2) is 4.98 Å². The molecule has 0 aliphatic carbocycles. The number of aromatic nitrogens is 1. The summed E-state index contributed by atoms with van der Waals surface area (Å²) >= 11 is 0. The molecule has 0 bridgehead atoms. The summed E-state index contributed by atoms with van der Waals surface area (Å²) in [7, 11) is 0. The number of benzene rings is 6. The summed E-state index contributed by atoms with van der Waals surface area (Å²) in [5.74, 6) is 1.78. The summed E-state index contributed by atoms with van der Waals surface area (Å²) in [5, 5.41) is 0. The Kier molecular flexibility index (Phi) is 6.82. The van der Waals surface area contributed by atoms with E-state index in [-0.39, 0.29) is 10.8 Å². The lowest BCUT2D eigenvalue weighted by molar-refractivity contribution is 0.418. The van der Waals surface area contributed by atoms with Gasteiger partial charge in [0.15, 0.2) is 0 Å². The zero-order valence-corrected chi connectivity index (χ0v) is 28.8. The third-order valence-electron chi connectivity index (χ3n) is 10.7. The molecule has 9 rings (SSSR count). The second-order valence-corrected chi connectivity index (χ2v) is 14.5. The quantitative estimate of drug-likeness (QED) is 0.190. The fraction of sp³-hybridized carbons (Fsp3) is 0.128. The van der Waals surface area contributed by atoms with Crippen molar-refractivity contribution in [2.45, 2.75) is 38.5 Å². The zero-order chi connectivity index (χ0) is 34.0. The average Bonchev–Trinajstić information content (AvgIpc) is 3.15. The smallest absolute Gasteiger partial charge is 0.133 e. The maximum absolute atomic E-state index is 6.91. The standard InChI is InChI=1S/C47H38N2O/c1-46(2)36-19-11-13-21-42(36)49(43-22-14-12-20-37(43)46)35-24-26-39-45(30-35)50-44-29-33(23-25-38(44)47(39,3)4)34-27-40(31-15-7-5-8-16-31)48-41(28-34)32-17-9-6-10-18-32/h5-30H,1-4H3. The first-order valence-electron chi connectivity index (χ1n) is 17.4. The van der Waals surface area contributed by atoms with Crippen molar-refractivity contribution < 1.29 is 4.74 Å². The lowest BCUT2D eigenvalue weighted by atomic mass is 9.73. The van der Waals surface area contributed by atoms with Gasteiger partial charge in [-0.05, 0) is 58.7 Å². The number of hydrogen-bond acceptors (Lipinski definition) is 3. The van der Waals surface area contributed by atoms with Crippen LogP contribution in [-0.4, -0.2) is 4.98 Å². The van der Waals surface area contributed by atoms with Gasteiger partial charge in [-0.3, -0.25) is 0 Å². The summed E-state index contributed by atoms with van der Waals surface area (Å²) in [5.41, 5.74) is 14.4. The Labute approximate surface area is 294 Å². The highest BCUT2D eigenvalue weighted by Gasteiger charge is 2.38. The van der Waals surface area contributed by atoms with Gasteiger partial charge in [0.05, 0.1) is 22.8 Å². The van der Waals surface area contributed by atoms with Gasteiger partial charge in [-0.2, -0.15) is 0 Å². The van der Waals surface area contributed by atoms with E-state index in [1.54, 1.807) is 0 Å². The predicted octanol–water partition coefficient (Wildman–Crippen LogP) is 12.6. The number of nitrogens with zero attached hydrogens (tertiary/aromatic N) is 2. The van der Waals surface area contributed by atoms with Crippen LogP contribution in [0.25, 0.3) is 33.6 Å². The Balaban J connectivity index is 1.15. The lowest BCUT2D eigenvalue weighted by Crippen LogP contribution is -2.30. The van der Waals surface area contributed by atoms with E-state index >= 15 is 0 Å². The van der Waals surface area contributed by atoms with Crippen molar-refractivity contribution in [2.24, 2.45) is 0 Å². The Bertz CT molecular complexity index is 2300. The Morgan fingerprint density at radius 3 is 1.48 bits per heavy atom. The van der Waals surface area contributed by atoms with Crippen molar-refractivity contribution in [3.63, 3.8) is 0 Å². The number of ether oxygens (including phenoxy) is 1. The highest BCUT2D eigenvalue weighted by atomic mass is 16.5. The minimum Gasteiger partial charge on any atom is -0.457 e. The number of pyridine rings is 1. The van der Waals surface area contributed by atoms with Crippen molar-refractivity contribution in [3.8, 4) is 45.1 Å². The highest BCUT2D eigenvalue weighted by Crippen LogP contribution is 2.54. The number of fused-ring (bicyclic) bond motifs is 4. The minimum absolute atomic E-state index is 0.112. The Morgan fingerprint density at radius 2 is 0.900 bits per heavy atom. The molecule has 0 N–H and O–H groups in total. The van der Waals surface area contributed by atoms with Crippen molar-refractivity contribution >= 4 is 17.1 Å². The van der Waals surface area contributed by atoms with Crippen molar-refractivity contribution in [1.29, 1.82) is 0 Å². The first kappa shape index (κ1) is 30.2. The van der Waals surface area contributed by atoms with Crippen LogP contribution in [0.3, 0.4) is 0 Å². The van der Waals surface area contributed by atoms with Gasteiger partial charge < -0.3 is 9.64 Å². The van der Waals surface area contributed by atoms with Crippen molar-refractivity contribution in [1.82, 2.24) is 4.98 Å². The maximum Gasteiger partial charge on any atom is 0.133 e. The normalized spacial score (nSPS) is 14.8. The van der Waals surface area contributed by atoms with E-state index < -0.39 is 0 Å². The Morgan fingerprint density at radius 1 is 0.420 bits per heavy atom. The van der Waals surface area contributed by atoms with Crippen LogP contribution in [0.5, 0.6) is 11.5 Å². The molecule has 2 aliphatic heterocycles. The molecule has 0 amide bonds. The molecule has 3 heteroatoms. The van der Waals surface area contributed by atoms with Crippen LogP contribution in [0.4, 0.5) is 17.1 Å². The number of rotatable bonds is 4. The second kappa shape index (κ2) is 11.3. The molecule has 3 nitrogen and oxygen atoms in total. The Hall–Kier alpha value is -5.93. The molecule has 0 radical (unpaired) electrons. The van der Waals surface area contributed by atoms with Crippen molar-refractivity contribution in [2.75, 3.05) is 4.90 Å². The second-order valence-electron chi connectivity index (χ2n) is 14.5. The van der Waals surface area contributed by atoms with Crippen molar-refractivity contribution in [3.05, 3.63) is 180 Å². The predicted molar refractivity (Wildman–Crippen MR) is 206 cm³/mol. The van der Waals surface area contributed by atoms with E-state index in [0.29, 0.717) is 0 Å². The fourth-order valence-corrected chi connectivity index (χ4v) is 7.98. The number of hydrogen-bond donors (Lipinski definition) is 0. The molecule has 7 aromatic rings. The van der Waals surface area contributed by atoms with Crippen LogP contribution in [0.15, 0.2) is 158 Å². The van der Waals surface area contributed by atoms with Gasteiger partial charge in [0.2, 0.25) is 0 Å². The van der Waals surface area contributed by atoms with Gasteiger partial charge in [0, 0.05) is 44.8 Å². The molecule has 0 spiro atoms. The van der Waals surface area contributed by atoms with Gasteiger partial charge >= 0.3 is 0 Å². The van der Waals surface area contributed by atoms with E-state index in [2.05, 4.69) is 178 Å². The molecule has 0 fully saturated rings. The molecule has 0 saturated heterocycles. The van der Waals surface area contributed by atoms with E-state index in [1.165, 1.54) is 33.6 Å².